The lowest BCUT2D eigenvalue weighted by Crippen LogP contribution is -2.02. The highest BCUT2D eigenvalue weighted by atomic mass is 19.1. The molecule has 0 amide bonds. The number of ether oxygens (including phenoxy) is 1. The normalized spacial score (nSPS) is 16.8. The van der Waals surface area contributed by atoms with Crippen LogP contribution >= 0.6 is 0 Å². The quantitative estimate of drug-likeness (QED) is 0.423. The molecule has 35 heavy (non-hydrogen) atoms. The molecule has 8 nitrogen and oxygen atoms in total. The van der Waals surface area contributed by atoms with Gasteiger partial charge in [-0.05, 0) is 84.1 Å². The molecule has 1 aliphatic carbocycles. The molecular formula is C26H24FN5O3. The van der Waals surface area contributed by atoms with Gasteiger partial charge in [0.1, 0.15) is 18.2 Å². The zero-order valence-electron chi connectivity index (χ0n) is 19.6. The number of pyridine rings is 1. The fourth-order valence-electron chi connectivity index (χ4n) is 4.44. The van der Waals surface area contributed by atoms with Crippen LogP contribution in [0, 0.1) is 25.6 Å². The Kier molecular flexibility index (Phi) is 5.76. The highest BCUT2D eigenvalue weighted by Gasteiger charge is 2.45. The summed E-state index contributed by atoms with van der Waals surface area (Å²) in [6.07, 6.45) is 2.16. The van der Waals surface area contributed by atoms with E-state index in [9.17, 15) is 9.18 Å². The number of hydrogen-bond donors (Lipinski definition) is 1. The number of carboxylic acids is 1. The van der Waals surface area contributed by atoms with Gasteiger partial charge in [0, 0.05) is 22.7 Å². The van der Waals surface area contributed by atoms with Gasteiger partial charge in [-0.25, -0.2) is 4.39 Å². The van der Waals surface area contributed by atoms with Gasteiger partial charge in [-0.1, -0.05) is 6.07 Å². The molecule has 1 aliphatic rings. The highest BCUT2D eigenvalue weighted by molar-refractivity contribution is 5.76. The van der Waals surface area contributed by atoms with E-state index in [4.69, 9.17) is 9.84 Å². The van der Waals surface area contributed by atoms with E-state index in [0.29, 0.717) is 23.6 Å². The van der Waals surface area contributed by atoms with Crippen molar-refractivity contribution in [1.29, 1.82) is 0 Å². The van der Waals surface area contributed by atoms with Crippen molar-refractivity contribution >= 4 is 5.97 Å². The summed E-state index contributed by atoms with van der Waals surface area (Å²) in [6.45, 7) is 4.05. The van der Waals surface area contributed by atoms with E-state index in [0.717, 1.165) is 33.5 Å². The Morgan fingerprint density at radius 1 is 1.14 bits per heavy atom. The van der Waals surface area contributed by atoms with Crippen LogP contribution < -0.4 is 4.74 Å². The Labute approximate surface area is 201 Å². The first-order valence-corrected chi connectivity index (χ1v) is 11.3. The van der Waals surface area contributed by atoms with E-state index in [1.54, 1.807) is 37.5 Å². The lowest BCUT2D eigenvalue weighted by Gasteiger charge is -2.14. The number of aryl methyl sites for hydroxylation is 3. The van der Waals surface area contributed by atoms with Crippen LogP contribution in [0.3, 0.4) is 0 Å². The number of carbonyl (C=O) groups is 1. The smallest absolute Gasteiger partial charge is 0.307 e. The summed E-state index contributed by atoms with van der Waals surface area (Å²) in [5, 5.41) is 21.3. The van der Waals surface area contributed by atoms with Crippen molar-refractivity contribution in [2.45, 2.75) is 32.8 Å². The summed E-state index contributed by atoms with van der Waals surface area (Å²) in [7, 11) is 1.72. The number of aliphatic carboxylic acids is 1. The van der Waals surface area contributed by atoms with E-state index >= 15 is 0 Å². The second kappa shape index (κ2) is 8.90. The van der Waals surface area contributed by atoms with Crippen LogP contribution in [-0.4, -0.2) is 36.3 Å². The third-order valence-electron chi connectivity index (χ3n) is 6.27. The molecule has 4 aromatic rings. The molecular weight excluding hydrogens is 449 g/mol. The van der Waals surface area contributed by atoms with Gasteiger partial charge < -0.3 is 9.84 Å². The summed E-state index contributed by atoms with van der Waals surface area (Å²) in [5.41, 5.74) is 5.99. The Hall–Kier alpha value is -4.14. The Balaban J connectivity index is 1.33. The first-order valence-electron chi connectivity index (χ1n) is 11.3. The summed E-state index contributed by atoms with van der Waals surface area (Å²) >= 11 is 0. The van der Waals surface area contributed by atoms with Gasteiger partial charge in [0.2, 0.25) is 5.82 Å². The molecule has 0 bridgehead atoms. The molecule has 1 N–H and O–H groups in total. The van der Waals surface area contributed by atoms with E-state index in [1.807, 2.05) is 26.0 Å². The van der Waals surface area contributed by atoms with Gasteiger partial charge >= 0.3 is 5.97 Å². The first kappa shape index (κ1) is 22.6. The third-order valence-corrected chi connectivity index (χ3v) is 6.27. The highest BCUT2D eigenvalue weighted by Crippen LogP contribution is 2.46. The zero-order chi connectivity index (χ0) is 24.7. The molecule has 0 radical (unpaired) electrons. The number of nitrogens with zero attached hydrogens (tertiary/aromatic N) is 5. The van der Waals surface area contributed by atoms with Crippen LogP contribution in [0.5, 0.6) is 5.75 Å². The van der Waals surface area contributed by atoms with Gasteiger partial charge in [-0.3, -0.25) is 9.78 Å². The van der Waals surface area contributed by atoms with Crippen molar-refractivity contribution in [3.05, 3.63) is 76.9 Å². The fraction of sp³-hybridized carbons (Fsp3) is 0.269. The summed E-state index contributed by atoms with van der Waals surface area (Å²) in [4.78, 5) is 16.8. The second-order valence-electron chi connectivity index (χ2n) is 8.89. The topological polar surface area (TPSA) is 103 Å². The number of tetrazole rings is 1. The summed E-state index contributed by atoms with van der Waals surface area (Å²) in [5.74, 6) is -0.492. The van der Waals surface area contributed by atoms with Crippen molar-refractivity contribution in [1.82, 2.24) is 25.2 Å². The lowest BCUT2D eigenvalue weighted by molar-refractivity contribution is -0.138. The lowest BCUT2D eigenvalue weighted by atomic mass is 9.92. The van der Waals surface area contributed by atoms with Crippen molar-refractivity contribution in [2.24, 2.45) is 13.0 Å². The van der Waals surface area contributed by atoms with Crippen LogP contribution in [0.15, 0.2) is 48.7 Å². The van der Waals surface area contributed by atoms with E-state index < -0.39 is 5.97 Å². The molecule has 2 aromatic carbocycles. The molecule has 2 atom stereocenters. The molecule has 0 saturated heterocycles. The standard InChI is InChI=1S/C26H24FN5O3/c1-14-8-17(25-29-31-32(3)30-25)9-15(2)24(14)16-4-6-22(27)18(10-16)13-35-19-5-7-23(28-12-19)20-11-21(20)26(33)34/h4-10,12,20-21H,11,13H2,1-3H3,(H,33,34)/t20-,21-/m0/s1. The number of benzene rings is 2. The van der Waals surface area contributed by atoms with Gasteiger partial charge in [-0.2, -0.15) is 4.80 Å². The average molecular weight is 474 g/mol. The molecule has 2 heterocycles. The van der Waals surface area contributed by atoms with Crippen LogP contribution in [0.2, 0.25) is 0 Å². The second-order valence-corrected chi connectivity index (χ2v) is 8.89. The number of carboxylic acid groups (broad SMARTS) is 1. The van der Waals surface area contributed by atoms with Crippen molar-refractivity contribution in [3.63, 3.8) is 0 Å². The predicted octanol–water partition coefficient (Wildman–Crippen LogP) is 4.46. The van der Waals surface area contributed by atoms with Crippen LogP contribution in [0.25, 0.3) is 22.5 Å². The van der Waals surface area contributed by atoms with Gasteiger partial charge in [0.25, 0.3) is 0 Å². The average Bonchev–Trinajstić information content (AvgIpc) is 3.52. The van der Waals surface area contributed by atoms with Gasteiger partial charge in [-0.15, -0.1) is 10.2 Å². The van der Waals surface area contributed by atoms with E-state index in [1.165, 1.54) is 10.9 Å². The number of aromatic nitrogens is 5. The maximum absolute atomic E-state index is 14.6. The minimum absolute atomic E-state index is 0.0432. The number of hydrogen-bond acceptors (Lipinski definition) is 6. The molecule has 0 aliphatic heterocycles. The van der Waals surface area contributed by atoms with Crippen molar-refractivity contribution in [2.75, 3.05) is 0 Å². The maximum Gasteiger partial charge on any atom is 0.307 e. The minimum atomic E-state index is -0.794. The maximum atomic E-state index is 14.6. The zero-order valence-corrected chi connectivity index (χ0v) is 19.6. The van der Waals surface area contributed by atoms with Gasteiger partial charge in [0.15, 0.2) is 0 Å². The van der Waals surface area contributed by atoms with Crippen molar-refractivity contribution in [3.8, 4) is 28.3 Å². The molecule has 1 fully saturated rings. The van der Waals surface area contributed by atoms with Crippen molar-refractivity contribution < 1.29 is 19.0 Å². The Morgan fingerprint density at radius 3 is 2.51 bits per heavy atom. The van der Waals surface area contributed by atoms with Crippen LogP contribution in [0.4, 0.5) is 4.39 Å². The van der Waals surface area contributed by atoms with Gasteiger partial charge in [0.05, 0.1) is 19.2 Å². The Morgan fingerprint density at radius 2 is 1.91 bits per heavy atom. The molecule has 0 unspecified atom stereocenters. The number of rotatable bonds is 7. The van der Waals surface area contributed by atoms with E-state index in [2.05, 4.69) is 20.4 Å². The number of halogens is 1. The van der Waals surface area contributed by atoms with Crippen LogP contribution in [0.1, 0.15) is 34.7 Å². The third kappa shape index (κ3) is 4.62. The molecule has 9 heteroatoms. The molecule has 0 spiro atoms. The minimum Gasteiger partial charge on any atom is -0.487 e. The van der Waals surface area contributed by atoms with Crippen LogP contribution in [-0.2, 0) is 18.4 Å². The fourth-order valence-corrected chi connectivity index (χ4v) is 4.44. The molecule has 5 rings (SSSR count). The predicted molar refractivity (Wildman–Crippen MR) is 126 cm³/mol. The van der Waals surface area contributed by atoms with E-state index in [-0.39, 0.29) is 24.3 Å². The first-order chi connectivity index (χ1) is 16.8. The molecule has 1 saturated carbocycles. The summed E-state index contributed by atoms with van der Waals surface area (Å²) < 4.78 is 20.4. The molecule has 2 aromatic heterocycles. The monoisotopic (exact) mass is 473 g/mol. The largest absolute Gasteiger partial charge is 0.487 e. The Bertz CT molecular complexity index is 1390. The molecule has 178 valence electrons. The summed E-state index contributed by atoms with van der Waals surface area (Å²) in [6, 6.07) is 12.5. The SMILES string of the molecule is Cc1cc(-c2nnn(C)n2)cc(C)c1-c1ccc(F)c(COc2ccc([C@H]3C[C@@H]3C(=O)O)nc2)c1.